The molecule has 0 aliphatic rings. The molecule has 86 valence electrons. The summed E-state index contributed by atoms with van der Waals surface area (Å²) in [6, 6.07) is 7.95. The molecular weight excluding hydrogens is 202 g/mol. The molecule has 2 aromatic rings. The van der Waals surface area contributed by atoms with Crippen molar-refractivity contribution in [2.75, 3.05) is 7.11 Å². The van der Waals surface area contributed by atoms with E-state index in [4.69, 9.17) is 4.74 Å². The summed E-state index contributed by atoms with van der Waals surface area (Å²) in [4.78, 5) is 0. The fourth-order valence-corrected chi connectivity index (χ4v) is 2.09. The second kappa shape index (κ2) is 4.22. The van der Waals surface area contributed by atoms with Crippen molar-refractivity contribution < 1.29 is 4.74 Å². The maximum Gasteiger partial charge on any atom is 0.162 e. The third-order valence-electron chi connectivity index (χ3n) is 3.22. The predicted molar refractivity (Wildman–Crippen MR) is 63.1 cm³/mol. The summed E-state index contributed by atoms with van der Waals surface area (Å²) in [6.45, 7) is 4.20. The van der Waals surface area contributed by atoms with Crippen molar-refractivity contribution in [3.8, 4) is 0 Å². The lowest BCUT2D eigenvalue weighted by Crippen LogP contribution is -2.35. The number of rotatable bonds is 4. The minimum absolute atomic E-state index is 0.379. The number of hydrogen-bond donors (Lipinski definition) is 0. The van der Waals surface area contributed by atoms with Crippen LogP contribution in [-0.2, 0) is 10.5 Å². The average molecular weight is 219 g/mol. The number of methoxy groups -OCH3 is 1. The van der Waals surface area contributed by atoms with E-state index in [0.717, 1.165) is 23.9 Å². The Morgan fingerprint density at radius 3 is 2.56 bits per heavy atom. The second-order valence-corrected chi connectivity index (χ2v) is 3.85. The Bertz CT molecular complexity index is 466. The van der Waals surface area contributed by atoms with Gasteiger partial charge in [-0.05, 0) is 25.0 Å². The van der Waals surface area contributed by atoms with Gasteiger partial charge in [0.1, 0.15) is 5.52 Å². The number of fused-ring (bicyclic) bond motifs is 1. The van der Waals surface area contributed by atoms with Gasteiger partial charge in [0.05, 0.1) is 5.52 Å². The van der Waals surface area contributed by atoms with Crippen LogP contribution in [0.1, 0.15) is 26.7 Å². The van der Waals surface area contributed by atoms with E-state index in [1.807, 2.05) is 28.9 Å². The molecule has 1 aromatic heterocycles. The summed E-state index contributed by atoms with van der Waals surface area (Å²) in [7, 11) is 1.73. The van der Waals surface area contributed by atoms with Crippen LogP contribution < -0.4 is 0 Å². The van der Waals surface area contributed by atoms with E-state index in [2.05, 4.69) is 24.2 Å². The molecule has 4 nitrogen and oxygen atoms in total. The van der Waals surface area contributed by atoms with Crippen LogP contribution in [0.15, 0.2) is 24.3 Å². The first kappa shape index (κ1) is 11.1. The highest BCUT2D eigenvalue weighted by Crippen LogP contribution is 2.28. The molecule has 0 saturated heterocycles. The van der Waals surface area contributed by atoms with E-state index in [-0.39, 0.29) is 5.72 Å². The molecule has 1 aromatic carbocycles. The Labute approximate surface area is 95.2 Å². The van der Waals surface area contributed by atoms with Crippen LogP contribution in [0.5, 0.6) is 0 Å². The van der Waals surface area contributed by atoms with Gasteiger partial charge in [0.2, 0.25) is 0 Å². The molecule has 0 fully saturated rings. The molecule has 0 bridgehead atoms. The molecule has 0 saturated carbocycles. The van der Waals surface area contributed by atoms with Gasteiger partial charge in [0.15, 0.2) is 5.72 Å². The standard InChI is InChI=1S/C12H17N3O/c1-4-12(5-2,16-3)15-11-9-7-6-8-10(11)13-14-15/h6-9H,4-5H2,1-3H3. The minimum atomic E-state index is -0.379. The van der Waals surface area contributed by atoms with Crippen LogP contribution in [0.4, 0.5) is 0 Å². The number of benzene rings is 1. The van der Waals surface area contributed by atoms with Crippen molar-refractivity contribution in [2.24, 2.45) is 0 Å². The summed E-state index contributed by atoms with van der Waals surface area (Å²) in [5, 5.41) is 8.38. The molecule has 1 heterocycles. The normalized spacial score (nSPS) is 12.2. The van der Waals surface area contributed by atoms with Gasteiger partial charge in [-0.3, -0.25) is 0 Å². The van der Waals surface area contributed by atoms with Crippen molar-refractivity contribution in [2.45, 2.75) is 32.4 Å². The molecular formula is C12H17N3O. The summed E-state index contributed by atoms with van der Waals surface area (Å²) >= 11 is 0. The van der Waals surface area contributed by atoms with Gasteiger partial charge in [-0.15, -0.1) is 5.10 Å². The van der Waals surface area contributed by atoms with Crippen molar-refractivity contribution in [3.05, 3.63) is 24.3 Å². The maximum absolute atomic E-state index is 5.65. The van der Waals surface area contributed by atoms with Crippen LogP contribution >= 0.6 is 0 Å². The largest absolute Gasteiger partial charge is 0.357 e. The third kappa shape index (κ3) is 1.50. The van der Waals surface area contributed by atoms with E-state index in [1.54, 1.807) is 7.11 Å². The second-order valence-electron chi connectivity index (χ2n) is 3.85. The zero-order valence-electron chi connectivity index (χ0n) is 9.97. The molecule has 0 N–H and O–H groups in total. The molecule has 0 radical (unpaired) electrons. The van der Waals surface area contributed by atoms with E-state index in [0.29, 0.717) is 0 Å². The molecule has 0 amide bonds. The van der Waals surface area contributed by atoms with Gasteiger partial charge in [-0.25, -0.2) is 4.68 Å². The zero-order valence-corrected chi connectivity index (χ0v) is 9.97. The summed E-state index contributed by atoms with van der Waals surface area (Å²) in [6.07, 6.45) is 1.74. The molecule has 16 heavy (non-hydrogen) atoms. The van der Waals surface area contributed by atoms with Crippen LogP contribution in [0, 0.1) is 0 Å². The highest BCUT2D eigenvalue weighted by Gasteiger charge is 2.30. The Morgan fingerprint density at radius 1 is 1.25 bits per heavy atom. The highest BCUT2D eigenvalue weighted by molar-refractivity contribution is 5.74. The van der Waals surface area contributed by atoms with E-state index in [9.17, 15) is 0 Å². The topological polar surface area (TPSA) is 39.9 Å². The maximum atomic E-state index is 5.65. The van der Waals surface area contributed by atoms with E-state index >= 15 is 0 Å². The fourth-order valence-electron chi connectivity index (χ4n) is 2.09. The van der Waals surface area contributed by atoms with Crippen LogP contribution in [0.25, 0.3) is 11.0 Å². The molecule has 0 atom stereocenters. The summed E-state index contributed by atoms with van der Waals surface area (Å²) in [5.41, 5.74) is 1.55. The molecule has 0 spiro atoms. The summed E-state index contributed by atoms with van der Waals surface area (Å²) < 4.78 is 7.54. The smallest absolute Gasteiger partial charge is 0.162 e. The number of ether oxygens (including phenoxy) is 1. The molecule has 0 aliphatic carbocycles. The number of nitrogens with zero attached hydrogens (tertiary/aromatic N) is 3. The van der Waals surface area contributed by atoms with Gasteiger partial charge in [-0.1, -0.05) is 31.2 Å². The number of aromatic nitrogens is 3. The zero-order chi connectivity index (χ0) is 11.6. The predicted octanol–water partition coefficient (Wildman–Crippen LogP) is 2.55. The number of hydrogen-bond acceptors (Lipinski definition) is 3. The van der Waals surface area contributed by atoms with Gasteiger partial charge < -0.3 is 4.74 Å². The van der Waals surface area contributed by atoms with Crippen molar-refractivity contribution in [3.63, 3.8) is 0 Å². The minimum Gasteiger partial charge on any atom is -0.357 e. The van der Waals surface area contributed by atoms with Crippen molar-refractivity contribution in [1.29, 1.82) is 0 Å². The van der Waals surface area contributed by atoms with Crippen molar-refractivity contribution in [1.82, 2.24) is 15.0 Å². The quantitative estimate of drug-likeness (QED) is 0.793. The van der Waals surface area contributed by atoms with Gasteiger partial charge in [0.25, 0.3) is 0 Å². The lowest BCUT2D eigenvalue weighted by molar-refractivity contribution is -0.0917. The molecule has 4 heteroatoms. The fraction of sp³-hybridized carbons (Fsp3) is 0.500. The first-order valence-corrected chi connectivity index (χ1v) is 5.63. The Morgan fingerprint density at radius 2 is 1.94 bits per heavy atom. The molecule has 0 unspecified atom stereocenters. The van der Waals surface area contributed by atoms with Crippen LogP contribution in [-0.4, -0.2) is 22.1 Å². The van der Waals surface area contributed by atoms with Gasteiger partial charge in [-0.2, -0.15) is 0 Å². The van der Waals surface area contributed by atoms with E-state index < -0.39 is 0 Å². The first-order valence-electron chi connectivity index (χ1n) is 5.63. The van der Waals surface area contributed by atoms with Crippen molar-refractivity contribution >= 4 is 11.0 Å². The van der Waals surface area contributed by atoms with E-state index in [1.165, 1.54) is 0 Å². The van der Waals surface area contributed by atoms with Gasteiger partial charge >= 0.3 is 0 Å². The third-order valence-corrected chi connectivity index (χ3v) is 3.22. The highest BCUT2D eigenvalue weighted by atomic mass is 16.5. The molecule has 0 aliphatic heterocycles. The lowest BCUT2D eigenvalue weighted by atomic mass is 10.1. The lowest BCUT2D eigenvalue weighted by Gasteiger charge is -2.30. The number of para-hydroxylation sites is 1. The Balaban J connectivity index is 2.61. The van der Waals surface area contributed by atoms with Crippen LogP contribution in [0.2, 0.25) is 0 Å². The Hall–Kier alpha value is -1.42. The first-order chi connectivity index (χ1) is 7.77. The average Bonchev–Trinajstić information content (AvgIpc) is 2.77. The molecule has 2 rings (SSSR count). The van der Waals surface area contributed by atoms with Crippen LogP contribution in [0.3, 0.4) is 0 Å². The summed E-state index contributed by atoms with van der Waals surface area (Å²) in [5.74, 6) is 0. The van der Waals surface area contributed by atoms with Gasteiger partial charge in [0, 0.05) is 7.11 Å². The monoisotopic (exact) mass is 219 g/mol. The SMILES string of the molecule is CCC(CC)(OC)n1nnc2ccccc21. The Kier molecular flexibility index (Phi) is 2.92.